The van der Waals surface area contributed by atoms with Gasteiger partial charge in [0, 0.05) is 12.7 Å². The number of alkyl halides is 3. The van der Waals surface area contributed by atoms with E-state index in [1.54, 1.807) is 0 Å². The van der Waals surface area contributed by atoms with Crippen molar-refractivity contribution in [3.05, 3.63) is 64.2 Å². The zero-order valence-electron chi connectivity index (χ0n) is 15.6. The molecule has 2 aromatic carbocycles. The van der Waals surface area contributed by atoms with Crippen LogP contribution in [0.2, 0.25) is 0 Å². The molecule has 2 rings (SSSR count). The van der Waals surface area contributed by atoms with E-state index < -0.39 is 29.1 Å². The lowest BCUT2D eigenvalue weighted by Gasteiger charge is -2.20. The summed E-state index contributed by atoms with van der Waals surface area (Å²) in [5.74, 6) is -1.35. The number of halogens is 3. The molecular formula is C20H21F3N2O2. The van der Waals surface area contributed by atoms with Gasteiger partial charge >= 0.3 is 6.18 Å². The predicted molar refractivity (Wildman–Crippen MR) is 97.7 cm³/mol. The Balaban J connectivity index is 2.15. The van der Waals surface area contributed by atoms with Crippen LogP contribution in [-0.2, 0) is 11.0 Å². The summed E-state index contributed by atoms with van der Waals surface area (Å²) >= 11 is 0. The predicted octanol–water partition coefficient (Wildman–Crippen LogP) is 4.34. The fourth-order valence-electron chi connectivity index (χ4n) is 2.97. The molecule has 0 saturated carbocycles. The molecule has 0 bridgehead atoms. The minimum atomic E-state index is -4.65. The van der Waals surface area contributed by atoms with Crippen molar-refractivity contribution in [2.45, 2.75) is 26.9 Å². The number of likely N-dealkylation sites (N-methyl/N-ethyl adjacent to an activating group) is 1. The number of anilines is 1. The number of carbonyl (C=O) groups is 2. The molecule has 4 nitrogen and oxygen atoms in total. The van der Waals surface area contributed by atoms with Gasteiger partial charge in [-0.3, -0.25) is 9.59 Å². The van der Waals surface area contributed by atoms with Gasteiger partial charge in [-0.15, -0.1) is 0 Å². The highest BCUT2D eigenvalue weighted by atomic mass is 19.4. The topological polar surface area (TPSA) is 49.4 Å². The maximum absolute atomic E-state index is 13.1. The molecule has 7 heteroatoms. The molecule has 0 aliphatic rings. The maximum Gasteiger partial charge on any atom is 0.417 e. The van der Waals surface area contributed by atoms with Gasteiger partial charge in [-0.1, -0.05) is 29.8 Å². The minimum Gasteiger partial charge on any atom is -0.332 e. The highest BCUT2D eigenvalue weighted by Crippen LogP contribution is 2.32. The zero-order chi connectivity index (χ0) is 20.4. The molecule has 0 saturated heterocycles. The molecule has 0 spiro atoms. The fraction of sp³-hybridized carbons (Fsp3) is 0.300. The van der Waals surface area contributed by atoms with E-state index in [0.717, 1.165) is 33.7 Å². The lowest BCUT2D eigenvalue weighted by molar-refractivity contribution is -0.138. The number of carbonyl (C=O) groups excluding carboxylic acids is 2. The van der Waals surface area contributed by atoms with Crippen molar-refractivity contribution in [2.24, 2.45) is 0 Å². The van der Waals surface area contributed by atoms with Crippen LogP contribution in [0, 0.1) is 20.8 Å². The highest BCUT2D eigenvalue weighted by molar-refractivity contribution is 6.00. The second kappa shape index (κ2) is 7.82. The molecule has 0 heterocycles. The van der Waals surface area contributed by atoms with E-state index in [1.807, 2.05) is 32.9 Å². The van der Waals surface area contributed by atoms with E-state index in [4.69, 9.17) is 0 Å². The quantitative estimate of drug-likeness (QED) is 0.860. The third-order valence-electron chi connectivity index (χ3n) is 4.13. The minimum absolute atomic E-state index is 0.363. The number of aryl methyl sites for hydroxylation is 3. The third-order valence-corrected chi connectivity index (χ3v) is 4.13. The SMILES string of the molecule is Cc1cc(C)c(NC(=O)CN(C)C(=O)c2ccccc2C(F)(F)F)c(C)c1. The van der Waals surface area contributed by atoms with Gasteiger partial charge in [-0.05, 0) is 44.0 Å². The van der Waals surface area contributed by atoms with Crippen LogP contribution in [0.5, 0.6) is 0 Å². The Morgan fingerprint density at radius 1 is 1.04 bits per heavy atom. The van der Waals surface area contributed by atoms with Crippen LogP contribution in [0.3, 0.4) is 0 Å². The Hall–Kier alpha value is -2.83. The van der Waals surface area contributed by atoms with Gasteiger partial charge in [0.15, 0.2) is 0 Å². The summed E-state index contributed by atoms with van der Waals surface area (Å²) in [4.78, 5) is 25.7. The van der Waals surface area contributed by atoms with E-state index in [1.165, 1.54) is 19.2 Å². The van der Waals surface area contributed by atoms with E-state index in [-0.39, 0.29) is 6.54 Å². The normalized spacial score (nSPS) is 11.2. The molecule has 1 N–H and O–H groups in total. The van der Waals surface area contributed by atoms with Crippen molar-refractivity contribution in [1.82, 2.24) is 4.90 Å². The lowest BCUT2D eigenvalue weighted by Crippen LogP contribution is -2.36. The van der Waals surface area contributed by atoms with Gasteiger partial charge in [0.25, 0.3) is 5.91 Å². The van der Waals surface area contributed by atoms with Crippen LogP contribution in [-0.4, -0.2) is 30.3 Å². The Bertz CT molecular complexity index is 853. The summed E-state index contributed by atoms with van der Waals surface area (Å²) in [5.41, 5.74) is 1.94. The summed E-state index contributed by atoms with van der Waals surface area (Å²) in [6.07, 6.45) is -4.65. The van der Waals surface area contributed by atoms with Crippen LogP contribution in [0.4, 0.5) is 18.9 Å². The van der Waals surface area contributed by atoms with E-state index in [0.29, 0.717) is 5.69 Å². The number of hydrogen-bond acceptors (Lipinski definition) is 2. The molecule has 0 aliphatic heterocycles. The van der Waals surface area contributed by atoms with Crippen LogP contribution >= 0.6 is 0 Å². The number of amides is 2. The summed E-state index contributed by atoms with van der Waals surface area (Å²) in [7, 11) is 1.30. The standard InChI is InChI=1S/C20H21F3N2O2/c1-12-9-13(2)18(14(3)10-12)24-17(26)11-25(4)19(27)15-7-5-6-8-16(15)20(21,22)23/h5-10H,11H2,1-4H3,(H,24,26). The smallest absolute Gasteiger partial charge is 0.332 e. The Morgan fingerprint density at radius 2 is 1.59 bits per heavy atom. The molecule has 0 fully saturated rings. The molecule has 2 aromatic rings. The average Bonchev–Trinajstić information content (AvgIpc) is 2.56. The summed E-state index contributed by atoms with van der Waals surface area (Å²) in [5, 5.41) is 2.73. The largest absolute Gasteiger partial charge is 0.417 e. The second-order valence-corrected chi connectivity index (χ2v) is 6.53. The van der Waals surface area contributed by atoms with Gasteiger partial charge in [-0.2, -0.15) is 13.2 Å². The van der Waals surface area contributed by atoms with Crippen molar-refractivity contribution in [3.8, 4) is 0 Å². The van der Waals surface area contributed by atoms with Crippen molar-refractivity contribution in [2.75, 3.05) is 18.9 Å². The summed E-state index contributed by atoms with van der Waals surface area (Å²) < 4.78 is 39.3. The molecule has 0 aromatic heterocycles. The molecule has 144 valence electrons. The molecule has 0 atom stereocenters. The molecule has 0 unspecified atom stereocenters. The third kappa shape index (κ3) is 4.87. The number of nitrogens with zero attached hydrogens (tertiary/aromatic N) is 1. The van der Waals surface area contributed by atoms with Crippen LogP contribution in [0.15, 0.2) is 36.4 Å². The summed E-state index contributed by atoms with van der Waals surface area (Å²) in [6, 6.07) is 8.35. The summed E-state index contributed by atoms with van der Waals surface area (Å²) in [6.45, 7) is 5.28. The van der Waals surface area contributed by atoms with E-state index in [2.05, 4.69) is 5.32 Å². The van der Waals surface area contributed by atoms with Crippen LogP contribution in [0.1, 0.15) is 32.6 Å². The molecule has 0 aliphatic carbocycles. The fourth-order valence-corrected chi connectivity index (χ4v) is 2.97. The zero-order valence-corrected chi connectivity index (χ0v) is 15.6. The molecule has 27 heavy (non-hydrogen) atoms. The average molecular weight is 378 g/mol. The Morgan fingerprint density at radius 3 is 2.15 bits per heavy atom. The van der Waals surface area contributed by atoms with Gasteiger partial charge in [0.2, 0.25) is 5.91 Å². The molecular weight excluding hydrogens is 357 g/mol. The van der Waals surface area contributed by atoms with Gasteiger partial charge in [0.1, 0.15) is 0 Å². The monoisotopic (exact) mass is 378 g/mol. The number of hydrogen-bond donors (Lipinski definition) is 1. The van der Waals surface area contributed by atoms with Crippen molar-refractivity contribution in [3.63, 3.8) is 0 Å². The maximum atomic E-state index is 13.1. The number of benzene rings is 2. The van der Waals surface area contributed by atoms with Gasteiger partial charge in [-0.25, -0.2) is 0 Å². The van der Waals surface area contributed by atoms with Crippen molar-refractivity contribution < 1.29 is 22.8 Å². The van der Waals surface area contributed by atoms with Crippen LogP contribution in [0.25, 0.3) is 0 Å². The van der Waals surface area contributed by atoms with Gasteiger partial charge < -0.3 is 10.2 Å². The molecule has 0 radical (unpaired) electrons. The Labute approximate surface area is 156 Å². The van der Waals surface area contributed by atoms with E-state index in [9.17, 15) is 22.8 Å². The van der Waals surface area contributed by atoms with Gasteiger partial charge in [0.05, 0.1) is 17.7 Å². The van der Waals surface area contributed by atoms with Crippen LogP contribution < -0.4 is 5.32 Å². The van der Waals surface area contributed by atoms with Crippen molar-refractivity contribution in [1.29, 1.82) is 0 Å². The number of rotatable bonds is 4. The first-order valence-corrected chi connectivity index (χ1v) is 8.30. The lowest BCUT2D eigenvalue weighted by atomic mass is 10.0. The first-order valence-electron chi connectivity index (χ1n) is 8.30. The molecule has 2 amide bonds. The first kappa shape index (κ1) is 20.5. The van der Waals surface area contributed by atoms with Crippen molar-refractivity contribution >= 4 is 17.5 Å². The second-order valence-electron chi connectivity index (χ2n) is 6.53. The highest BCUT2D eigenvalue weighted by Gasteiger charge is 2.35. The van der Waals surface area contributed by atoms with E-state index >= 15 is 0 Å². The Kier molecular flexibility index (Phi) is 5.93. The number of nitrogens with one attached hydrogen (secondary N) is 1. The first-order chi connectivity index (χ1) is 12.5.